The second kappa shape index (κ2) is 9.80. The number of halogens is 1. The van der Waals surface area contributed by atoms with Crippen LogP contribution in [0.4, 0.5) is 10.4 Å². The zero-order chi connectivity index (χ0) is 23.4. The van der Waals surface area contributed by atoms with E-state index in [0.717, 1.165) is 32.1 Å². The number of anilines is 1. The Hall–Kier alpha value is -3.11. The number of amides is 1. The smallest absolute Gasteiger partial charge is 0.322 e. The molecule has 1 fully saturated rings. The molecule has 0 unspecified atom stereocenters. The molecule has 1 aliphatic rings. The first-order valence-corrected chi connectivity index (χ1v) is 12.3. The topological polar surface area (TPSA) is 105 Å². The minimum Gasteiger partial charge on any atom is -0.403 e. The van der Waals surface area contributed by atoms with Crippen LogP contribution in [-0.4, -0.2) is 41.4 Å². The molecule has 1 aliphatic carbocycles. The van der Waals surface area contributed by atoms with Crippen molar-refractivity contribution >= 4 is 21.9 Å². The Bertz CT molecular complexity index is 1220. The minimum atomic E-state index is -3.65. The molecule has 1 saturated carbocycles. The number of nitrogens with one attached hydrogen (secondary N) is 1. The summed E-state index contributed by atoms with van der Waals surface area (Å²) in [5, 5.41) is 10.0. The van der Waals surface area contributed by atoms with Crippen molar-refractivity contribution in [1.29, 1.82) is 0 Å². The zero-order valence-corrected chi connectivity index (χ0v) is 19.0. The Kier molecular flexibility index (Phi) is 6.85. The molecule has 0 atom stereocenters. The molecule has 2 aromatic carbocycles. The van der Waals surface area contributed by atoms with Crippen LogP contribution in [0.15, 0.2) is 57.8 Å². The summed E-state index contributed by atoms with van der Waals surface area (Å²) in [6.45, 7) is 2.25. The number of hydrogen-bond acceptors (Lipinski definition) is 6. The normalized spacial score (nSPS) is 15.0. The largest absolute Gasteiger partial charge is 0.403 e. The van der Waals surface area contributed by atoms with Crippen molar-refractivity contribution in [3.05, 3.63) is 59.9 Å². The van der Waals surface area contributed by atoms with Gasteiger partial charge < -0.3 is 4.42 Å². The van der Waals surface area contributed by atoms with Crippen LogP contribution in [0.1, 0.15) is 49.4 Å². The lowest BCUT2D eigenvalue weighted by molar-refractivity contribution is 0.102. The molecule has 1 aromatic heterocycles. The van der Waals surface area contributed by atoms with E-state index in [2.05, 4.69) is 15.5 Å². The van der Waals surface area contributed by atoms with Crippen LogP contribution in [0.25, 0.3) is 11.5 Å². The van der Waals surface area contributed by atoms with E-state index in [1.165, 1.54) is 42.5 Å². The van der Waals surface area contributed by atoms with Gasteiger partial charge in [-0.2, -0.15) is 4.31 Å². The third kappa shape index (κ3) is 5.12. The van der Waals surface area contributed by atoms with Gasteiger partial charge in [-0.25, -0.2) is 12.8 Å². The van der Waals surface area contributed by atoms with E-state index >= 15 is 0 Å². The van der Waals surface area contributed by atoms with E-state index in [1.54, 1.807) is 10.4 Å². The number of rotatable bonds is 7. The maximum absolute atomic E-state index is 13.4. The van der Waals surface area contributed by atoms with Crippen LogP contribution in [0.5, 0.6) is 0 Å². The fraction of sp³-hybridized carbons (Fsp3) is 0.348. The van der Waals surface area contributed by atoms with Gasteiger partial charge in [-0.05, 0) is 55.3 Å². The third-order valence-corrected chi connectivity index (χ3v) is 7.78. The number of hydrogen-bond donors (Lipinski definition) is 1. The molecule has 4 rings (SSSR count). The van der Waals surface area contributed by atoms with E-state index in [0.29, 0.717) is 12.1 Å². The highest BCUT2D eigenvalue weighted by molar-refractivity contribution is 7.89. The maximum Gasteiger partial charge on any atom is 0.322 e. The Morgan fingerprint density at radius 3 is 2.52 bits per heavy atom. The first kappa shape index (κ1) is 23.1. The lowest BCUT2D eigenvalue weighted by Gasteiger charge is -2.32. The van der Waals surface area contributed by atoms with Crippen molar-refractivity contribution < 1.29 is 22.0 Å². The predicted molar refractivity (Wildman–Crippen MR) is 121 cm³/mol. The van der Waals surface area contributed by atoms with Gasteiger partial charge in [0.05, 0.1) is 4.90 Å². The lowest BCUT2D eigenvalue weighted by Crippen LogP contribution is -2.41. The van der Waals surface area contributed by atoms with Crippen LogP contribution in [0, 0.1) is 5.82 Å². The monoisotopic (exact) mass is 472 g/mol. The van der Waals surface area contributed by atoms with Gasteiger partial charge in [-0.3, -0.25) is 10.1 Å². The first-order valence-electron chi connectivity index (χ1n) is 10.9. The summed E-state index contributed by atoms with van der Waals surface area (Å²) in [5.74, 6) is -0.918. The molecule has 1 heterocycles. The van der Waals surface area contributed by atoms with Crippen molar-refractivity contribution in [2.24, 2.45) is 0 Å². The predicted octanol–water partition coefficient (Wildman–Crippen LogP) is 4.47. The van der Waals surface area contributed by atoms with Gasteiger partial charge in [0, 0.05) is 23.7 Å². The van der Waals surface area contributed by atoms with E-state index in [4.69, 9.17) is 4.42 Å². The molecule has 1 N–H and O–H groups in total. The summed E-state index contributed by atoms with van der Waals surface area (Å²) in [6, 6.07) is 11.3. The number of carbonyl (C=O) groups excluding carboxylic acids is 1. The number of nitrogens with zero attached hydrogens (tertiary/aromatic N) is 3. The summed E-state index contributed by atoms with van der Waals surface area (Å²) >= 11 is 0. The summed E-state index contributed by atoms with van der Waals surface area (Å²) < 4.78 is 46.7. The SMILES string of the molecule is CCN(C1CCCCC1)S(=O)(=O)c1ccc(C(=O)Nc2nnc(-c3cccc(F)c3)o2)cc1. The molecule has 8 nitrogen and oxygen atoms in total. The molecule has 0 aliphatic heterocycles. The Balaban J connectivity index is 1.46. The summed E-state index contributed by atoms with van der Waals surface area (Å²) in [5.41, 5.74) is 0.621. The molecule has 174 valence electrons. The molecule has 0 bridgehead atoms. The molecule has 33 heavy (non-hydrogen) atoms. The quantitative estimate of drug-likeness (QED) is 0.544. The molecule has 0 radical (unpaired) electrons. The van der Waals surface area contributed by atoms with Gasteiger partial charge >= 0.3 is 6.01 Å². The third-order valence-electron chi connectivity index (χ3n) is 5.73. The highest BCUT2D eigenvalue weighted by Gasteiger charge is 2.31. The summed E-state index contributed by atoms with van der Waals surface area (Å²) in [4.78, 5) is 12.7. The van der Waals surface area contributed by atoms with E-state index in [9.17, 15) is 17.6 Å². The first-order chi connectivity index (χ1) is 15.9. The Morgan fingerprint density at radius 2 is 1.85 bits per heavy atom. The minimum absolute atomic E-state index is 0.0153. The van der Waals surface area contributed by atoms with Crippen LogP contribution < -0.4 is 5.32 Å². The molecular formula is C23H25FN4O4S. The van der Waals surface area contributed by atoms with Crippen molar-refractivity contribution in [3.63, 3.8) is 0 Å². The van der Waals surface area contributed by atoms with Gasteiger partial charge in [-0.15, -0.1) is 5.10 Å². The van der Waals surface area contributed by atoms with Crippen LogP contribution >= 0.6 is 0 Å². The zero-order valence-electron chi connectivity index (χ0n) is 18.2. The lowest BCUT2D eigenvalue weighted by atomic mass is 9.95. The Morgan fingerprint density at radius 1 is 1.12 bits per heavy atom. The average molecular weight is 473 g/mol. The van der Waals surface area contributed by atoms with Crippen molar-refractivity contribution in [2.45, 2.75) is 50.0 Å². The highest BCUT2D eigenvalue weighted by atomic mass is 32.2. The second-order valence-corrected chi connectivity index (χ2v) is 9.79. The van der Waals surface area contributed by atoms with Crippen molar-refractivity contribution in [3.8, 4) is 11.5 Å². The van der Waals surface area contributed by atoms with Crippen molar-refractivity contribution in [1.82, 2.24) is 14.5 Å². The van der Waals surface area contributed by atoms with Crippen LogP contribution in [-0.2, 0) is 10.0 Å². The van der Waals surface area contributed by atoms with Crippen LogP contribution in [0.3, 0.4) is 0 Å². The average Bonchev–Trinajstić information content (AvgIpc) is 3.29. The fourth-order valence-electron chi connectivity index (χ4n) is 4.09. The van der Waals surface area contributed by atoms with Crippen LogP contribution in [0.2, 0.25) is 0 Å². The van der Waals surface area contributed by atoms with Crippen molar-refractivity contribution in [2.75, 3.05) is 11.9 Å². The molecule has 10 heteroatoms. The molecule has 3 aromatic rings. The number of aromatic nitrogens is 2. The standard InChI is InChI=1S/C23H25FN4O4S/c1-2-28(19-9-4-3-5-10-19)33(30,31)20-13-11-16(12-14-20)21(29)25-23-27-26-22(32-23)17-7-6-8-18(24)15-17/h6-8,11-15,19H,2-5,9-10H2,1H3,(H,25,27,29). The highest BCUT2D eigenvalue weighted by Crippen LogP contribution is 2.28. The van der Waals surface area contributed by atoms with Gasteiger partial charge in [0.1, 0.15) is 5.82 Å². The van der Waals surface area contributed by atoms with E-state index < -0.39 is 21.7 Å². The summed E-state index contributed by atoms with van der Waals surface area (Å²) in [6.07, 6.45) is 4.95. The molecule has 0 spiro atoms. The molecule has 0 saturated heterocycles. The van der Waals surface area contributed by atoms with E-state index in [-0.39, 0.29) is 28.4 Å². The van der Waals surface area contributed by atoms with Gasteiger partial charge in [-0.1, -0.05) is 37.4 Å². The number of benzene rings is 2. The molecule has 1 amide bonds. The van der Waals surface area contributed by atoms with Gasteiger partial charge in [0.25, 0.3) is 5.91 Å². The second-order valence-electron chi connectivity index (χ2n) is 7.90. The molecular weight excluding hydrogens is 447 g/mol. The van der Waals surface area contributed by atoms with E-state index in [1.807, 2.05) is 6.92 Å². The fourth-order valence-corrected chi connectivity index (χ4v) is 5.78. The van der Waals surface area contributed by atoms with Gasteiger partial charge in [0.15, 0.2) is 0 Å². The number of sulfonamides is 1. The Labute approximate surface area is 191 Å². The van der Waals surface area contributed by atoms with Gasteiger partial charge in [0.2, 0.25) is 15.9 Å². The summed E-state index contributed by atoms with van der Waals surface area (Å²) in [7, 11) is -3.65. The maximum atomic E-state index is 13.4. The number of carbonyl (C=O) groups is 1.